The average Bonchev–Trinajstić information content (AvgIpc) is 2.67. The summed E-state index contributed by atoms with van der Waals surface area (Å²) in [6.07, 6.45) is 0. The number of hydrogen-bond acceptors (Lipinski definition) is 6. The summed E-state index contributed by atoms with van der Waals surface area (Å²) in [4.78, 5) is 25.2. The summed E-state index contributed by atoms with van der Waals surface area (Å²) < 4.78 is 30.3. The van der Waals surface area contributed by atoms with E-state index in [1.807, 2.05) is 19.1 Å². The molecule has 2 rings (SSSR count). The number of benzene rings is 2. The highest BCUT2D eigenvalue weighted by Gasteiger charge is 2.17. The molecular weight excluding hydrogens is 400 g/mol. The molecule has 1 N–H and O–H groups in total. The Balaban J connectivity index is 1.95. The van der Waals surface area contributed by atoms with Gasteiger partial charge in [-0.15, -0.1) is 11.8 Å². The zero-order valence-corrected chi connectivity index (χ0v) is 17.5. The number of carbonyl (C=O) groups excluding carboxylic acids is 2. The van der Waals surface area contributed by atoms with Gasteiger partial charge in [0.1, 0.15) is 0 Å². The van der Waals surface area contributed by atoms with Crippen molar-refractivity contribution in [1.82, 2.24) is 4.31 Å². The molecule has 0 saturated heterocycles. The Morgan fingerprint density at radius 1 is 1.07 bits per heavy atom. The maximum atomic E-state index is 12.2. The van der Waals surface area contributed by atoms with Crippen molar-refractivity contribution in [2.75, 3.05) is 31.8 Å². The molecule has 1 amide bonds. The second kappa shape index (κ2) is 9.72. The number of hydrogen-bond donors (Lipinski definition) is 1. The van der Waals surface area contributed by atoms with Crippen LogP contribution in [0.15, 0.2) is 58.3 Å². The zero-order chi connectivity index (χ0) is 20.7. The second-order valence-corrected chi connectivity index (χ2v) is 9.32. The van der Waals surface area contributed by atoms with Gasteiger partial charge in [-0.3, -0.25) is 4.79 Å². The van der Waals surface area contributed by atoms with E-state index >= 15 is 0 Å². The van der Waals surface area contributed by atoms with Crippen molar-refractivity contribution in [3.63, 3.8) is 0 Å². The monoisotopic (exact) mass is 422 g/mol. The van der Waals surface area contributed by atoms with Crippen molar-refractivity contribution in [1.29, 1.82) is 0 Å². The number of carbonyl (C=O) groups is 2. The smallest absolute Gasteiger partial charge is 0.339 e. The van der Waals surface area contributed by atoms with E-state index in [9.17, 15) is 18.0 Å². The van der Waals surface area contributed by atoms with Crippen molar-refractivity contribution in [2.45, 2.75) is 16.7 Å². The summed E-state index contributed by atoms with van der Waals surface area (Å²) in [5.74, 6) is -0.277. The van der Waals surface area contributed by atoms with E-state index in [0.717, 1.165) is 15.0 Å². The lowest BCUT2D eigenvalue weighted by Gasteiger charge is -2.12. The van der Waals surface area contributed by atoms with Crippen molar-refractivity contribution in [3.05, 3.63) is 54.1 Å². The minimum absolute atomic E-state index is 0.118. The lowest BCUT2D eigenvalue weighted by Crippen LogP contribution is -2.22. The molecule has 0 atom stereocenters. The number of amides is 1. The van der Waals surface area contributed by atoms with Gasteiger partial charge in [0.05, 0.1) is 10.5 Å². The van der Waals surface area contributed by atoms with Crippen molar-refractivity contribution >= 4 is 39.3 Å². The molecule has 0 aliphatic heterocycles. The fourth-order valence-electron chi connectivity index (χ4n) is 2.24. The Morgan fingerprint density at radius 2 is 1.71 bits per heavy atom. The zero-order valence-electron chi connectivity index (χ0n) is 15.8. The van der Waals surface area contributed by atoms with Crippen LogP contribution in [0.5, 0.6) is 0 Å². The summed E-state index contributed by atoms with van der Waals surface area (Å²) in [5, 5.41) is 2.57. The number of nitrogens with zero attached hydrogens (tertiary/aromatic N) is 1. The average molecular weight is 423 g/mol. The van der Waals surface area contributed by atoms with E-state index in [0.29, 0.717) is 11.3 Å². The molecule has 0 bridgehead atoms. The minimum Gasteiger partial charge on any atom is -0.452 e. The fourth-order valence-corrected chi connectivity index (χ4v) is 3.94. The third kappa shape index (κ3) is 5.57. The predicted octanol–water partition coefficient (Wildman–Crippen LogP) is 2.84. The van der Waals surface area contributed by atoms with Gasteiger partial charge in [0, 0.05) is 24.7 Å². The topological polar surface area (TPSA) is 92.8 Å². The number of thioether (sulfide) groups is 1. The van der Waals surface area contributed by atoms with Gasteiger partial charge in [-0.2, -0.15) is 0 Å². The number of anilines is 1. The third-order valence-corrected chi connectivity index (χ3v) is 6.44. The fraction of sp³-hybridized carbons (Fsp3) is 0.263. The molecule has 0 heterocycles. The summed E-state index contributed by atoms with van der Waals surface area (Å²) in [6, 6.07) is 12.8. The molecule has 0 radical (unpaired) electrons. The summed E-state index contributed by atoms with van der Waals surface area (Å²) in [6.45, 7) is 1.54. The SMILES string of the molecule is CCSc1ccccc1C(=O)OCC(=O)Nc1ccc(S(=O)(=O)N(C)C)cc1. The Kier molecular flexibility index (Phi) is 7.61. The molecule has 7 nitrogen and oxygen atoms in total. The normalized spacial score (nSPS) is 11.3. The minimum atomic E-state index is -3.53. The predicted molar refractivity (Wildman–Crippen MR) is 109 cm³/mol. The molecule has 0 aliphatic carbocycles. The van der Waals surface area contributed by atoms with Crippen LogP contribution < -0.4 is 5.32 Å². The standard InChI is InChI=1S/C19H22N2O5S2/c1-4-27-17-8-6-5-7-16(17)19(23)26-13-18(22)20-14-9-11-15(12-10-14)28(24,25)21(2)3/h5-12H,4,13H2,1-3H3,(H,20,22). The summed E-state index contributed by atoms with van der Waals surface area (Å²) >= 11 is 1.52. The molecule has 2 aromatic carbocycles. The molecule has 28 heavy (non-hydrogen) atoms. The first-order chi connectivity index (χ1) is 13.3. The van der Waals surface area contributed by atoms with Crippen LogP contribution in [0.25, 0.3) is 0 Å². The van der Waals surface area contributed by atoms with Gasteiger partial charge in [0.25, 0.3) is 5.91 Å². The molecular formula is C19H22N2O5S2. The molecule has 9 heteroatoms. The van der Waals surface area contributed by atoms with Crippen LogP contribution in [0.1, 0.15) is 17.3 Å². The molecule has 2 aromatic rings. The summed E-state index contributed by atoms with van der Waals surface area (Å²) in [7, 11) is -0.652. The Morgan fingerprint density at radius 3 is 2.32 bits per heavy atom. The largest absolute Gasteiger partial charge is 0.452 e. The third-order valence-electron chi connectivity index (χ3n) is 3.66. The molecule has 0 spiro atoms. The molecule has 0 unspecified atom stereocenters. The maximum absolute atomic E-state index is 12.2. The molecule has 0 saturated carbocycles. The Bertz CT molecular complexity index is 941. The first-order valence-corrected chi connectivity index (χ1v) is 10.9. The first kappa shape index (κ1) is 21.9. The Labute approximate surface area is 169 Å². The van der Waals surface area contributed by atoms with Crippen LogP contribution in [-0.2, 0) is 19.6 Å². The van der Waals surface area contributed by atoms with Crippen molar-refractivity contribution in [2.24, 2.45) is 0 Å². The van der Waals surface area contributed by atoms with Crippen LogP contribution >= 0.6 is 11.8 Å². The van der Waals surface area contributed by atoms with E-state index < -0.39 is 28.5 Å². The van der Waals surface area contributed by atoms with Crippen LogP contribution in [0.3, 0.4) is 0 Å². The van der Waals surface area contributed by atoms with E-state index in [-0.39, 0.29) is 4.90 Å². The van der Waals surface area contributed by atoms with Gasteiger partial charge < -0.3 is 10.1 Å². The quantitative estimate of drug-likeness (QED) is 0.519. The van der Waals surface area contributed by atoms with E-state index in [4.69, 9.17) is 4.74 Å². The van der Waals surface area contributed by atoms with Gasteiger partial charge in [-0.1, -0.05) is 19.1 Å². The highest BCUT2D eigenvalue weighted by molar-refractivity contribution is 7.99. The van der Waals surface area contributed by atoms with E-state index in [2.05, 4.69) is 5.32 Å². The van der Waals surface area contributed by atoms with Crippen molar-refractivity contribution in [3.8, 4) is 0 Å². The first-order valence-electron chi connectivity index (χ1n) is 8.47. The van der Waals surface area contributed by atoms with Gasteiger partial charge in [-0.25, -0.2) is 17.5 Å². The lowest BCUT2D eigenvalue weighted by molar-refractivity contribution is -0.119. The van der Waals surface area contributed by atoms with Gasteiger partial charge in [0.2, 0.25) is 10.0 Å². The van der Waals surface area contributed by atoms with Gasteiger partial charge >= 0.3 is 5.97 Å². The van der Waals surface area contributed by atoms with E-state index in [1.165, 1.54) is 50.1 Å². The highest BCUT2D eigenvalue weighted by Crippen LogP contribution is 2.23. The highest BCUT2D eigenvalue weighted by atomic mass is 32.2. The molecule has 0 aromatic heterocycles. The number of rotatable bonds is 8. The van der Waals surface area contributed by atoms with Crippen LogP contribution in [0, 0.1) is 0 Å². The van der Waals surface area contributed by atoms with Crippen LogP contribution in [-0.4, -0.2) is 51.1 Å². The molecule has 0 aliphatic rings. The van der Waals surface area contributed by atoms with E-state index in [1.54, 1.807) is 12.1 Å². The van der Waals surface area contributed by atoms with Gasteiger partial charge in [-0.05, 0) is 42.2 Å². The summed E-state index contributed by atoms with van der Waals surface area (Å²) in [5.41, 5.74) is 0.820. The van der Waals surface area contributed by atoms with Crippen LogP contribution in [0.4, 0.5) is 5.69 Å². The van der Waals surface area contributed by atoms with Crippen LogP contribution in [0.2, 0.25) is 0 Å². The maximum Gasteiger partial charge on any atom is 0.339 e. The number of nitrogens with one attached hydrogen (secondary N) is 1. The molecule has 0 fully saturated rings. The van der Waals surface area contributed by atoms with Gasteiger partial charge in [0.15, 0.2) is 6.61 Å². The lowest BCUT2D eigenvalue weighted by atomic mass is 10.2. The van der Waals surface area contributed by atoms with Crippen molar-refractivity contribution < 1.29 is 22.7 Å². The number of esters is 1. The number of ether oxygens (including phenoxy) is 1. The molecule has 150 valence electrons. The number of sulfonamides is 1. The Hall–Kier alpha value is -2.36. The second-order valence-electron chi connectivity index (χ2n) is 5.87.